The maximum absolute atomic E-state index is 4.43. The minimum absolute atomic E-state index is 1.03. The first kappa shape index (κ1) is 11.4. The molecule has 84 valence electrons. The minimum Gasteiger partial charge on any atom is -0.266 e. The molecule has 0 atom stereocenters. The van der Waals surface area contributed by atoms with Gasteiger partial charge in [0.15, 0.2) is 0 Å². The monoisotopic (exact) mass is 278 g/mol. The van der Waals surface area contributed by atoms with Crippen molar-refractivity contribution in [3.8, 4) is 11.3 Å². The van der Waals surface area contributed by atoms with E-state index < -0.39 is 0 Å². The number of aryl methyl sites for hydroxylation is 4. The van der Waals surface area contributed by atoms with Crippen LogP contribution in [0.25, 0.3) is 11.3 Å². The van der Waals surface area contributed by atoms with Crippen LogP contribution in [0.4, 0.5) is 0 Å². The smallest absolute Gasteiger partial charge is 0.0826 e. The molecule has 1 aromatic heterocycles. The maximum atomic E-state index is 4.43. The molecule has 0 bridgehead atoms. The highest BCUT2D eigenvalue weighted by Crippen LogP contribution is 2.32. The van der Waals surface area contributed by atoms with Gasteiger partial charge >= 0.3 is 0 Å². The summed E-state index contributed by atoms with van der Waals surface area (Å²) in [7, 11) is 1.98. The van der Waals surface area contributed by atoms with E-state index in [4.69, 9.17) is 0 Å². The van der Waals surface area contributed by atoms with Crippen molar-refractivity contribution in [1.29, 1.82) is 0 Å². The van der Waals surface area contributed by atoms with Gasteiger partial charge in [0.05, 0.1) is 15.9 Å². The largest absolute Gasteiger partial charge is 0.266 e. The predicted octanol–water partition coefficient (Wildman–Crippen LogP) is 3.77. The number of hydrogen-bond donors (Lipinski definition) is 0. The molecule has 2 aromatic rings. The van der Waals surface area contributed by atoms with Gasteiger partial charge in [-0.1, -0.05) is 17.7 Å². The average Bonchev–Trinajstić information content (AvgIpc) is 2.46. The quantitative estimate of drug-likeness (QED) is 0.777. The Bertz CT molecular complexity index is 541. The average molecular weight is 279 g/mol. The van der Waals surface area contributed by atoms with Crippen LogP contribution in [-0.2, 0) is 7.05 Å². The standard InChI is InChI=1S/C13H15BrN2/c1-8-5-6-9(2)11(7-8)13-12(14)10(3)15-16(13)4/h5-7H,1-4H3. The zero-order chi connectivity index (χ0) is 11.9. The van der Waals surface area contributed by atoms with E-state index in [-0.39, 0.29) is 0 Å². The van der Waals surface area contributed by atoms with Crippen molar-refractivity contribution in [2.24, 2.45) is 7.05 Å². The second kappa shape index (κ2) is 4.06. The molecule has 0 N–H and O–H groups in total. The van der Waals surface area contributed by atoms with E-state index in [1.807, 2.05) is 18.7 Å². The van der Waals surface area contributed by atoms with Crippen LogP contribution >= 0.6 is 15.9 Å². The molecule has 3 heteroatoms. The molecule has 0 aliphatic rings. The first-order valence-corrected chi connectivity index (χ1v) is 6.06. The molecule has 0 amide bonds. The third kappa shape index (κ3) is 1.80. The van der Waals surface area contributed by atoms with Crippen LogP contribution in [0.5, 0.6) is 0 Å². The fraction of sp³-hybridized carbons (Fsp3) is 0.308. The number of hydrogen-bond acceptors (Lipinski definition) is 1. The highest BCUT2D eigenvalue weighted by atomic mass is 79.9. The first-order chi connectivity index (χ1) is 7.50. The summed E-state index contributed by atoms with van der Waals surface area (Å²) in [6.45, 7) is 6.25. The third-order valence-electron chi connectivity index (χ3n) is 2.80. The molecule has 2 nitrogen and oxygen atoms in total. The van der Waals surface area contributed by atoms with Crippen LogP contribution in [0.1, 0.15) is 16.8 Å². The normalized spacial score (nSPS) is 10.8. The Balaban J connectivity index is 2.71. The molecule has 0 radical (unpaired) electrons. The lowest BCUT2D eigenvalue weighted by Gasteiger charge is -2.08. The molecule has 1 aromatic carbocycles. The van der Waals surface area contributed by atoms with Crippen LogP contribution in [0, 0.1) is 20.8 Å². The van der Waals surface area contributed by atoms with Gasteiger partial charge < -0.3 is 0 Å². The van der Waals surface area contributed by atoms with E-state index in [2.05, 4.69) is 53.1 Å². The Morgan fingerprint density at radius 2 is 1.88 bits per heavy atom. The summed E-state index contributed by atoms with van der Waals surface area (Å²) < 4.78 is 3.02. The highest BCUT2D eigenvalue weighted by molar-refractivity contribution is 9.10. The lowest BCUT2D eigenvalue weighted by molar-refractivity contribution is 0.763. The van der Waals surface area contributed by atoms with E-state index >= 15 is 0 Å². The SMILES string of the molecule is Cc1ccc(C)c(-c2c(Br)c(C)nn2C)c1. The summed E-state index contributed by atoms with van der Waals surface area (Å²) in [5.41, 5.74) is 5.97. The number of benzene rings is 1. The molecule has 0 unspecified atom stereocenters. The van der Waals surface area contributed by atoms with E-state index in [1.165, 1.54) is 16.7 Å². The molecule has 1 heterocycles. The molecule has 0 aliphatic carbocycles. The van der Waals surface area contributed by atoms with Gasteiger partial charge in [0.2, 0.25) is 0 Å². The lowest BCUT2D eigenvalue weighted by Crippen LogP contribution is -1.96. The topological polar surface area (TPSA) is 17.8 Å². The zero-order valence-corrected chi connectivity index (χ0v) is 11.6. The van der Waals surface area contributed by atoms with Gasteiger partial charge in [0, 0.05) is 12.6 Å². The van der Waals surface area contributed by atoms with Crippen LogP contribution in [0.15, 0.2) is 22.7 Å². The van der Waals surface area contributed by atoms with Gasteiger partial charge in [-0.3, -0.25) is 4.68 Å². The summed E-state index contributed by atoms with van der Waals surface area (Å²) in [6, 6.07) is 6.49. The van der Waals surface area contributed by atoms with E-state index in [1.54, 1.807) is 0 Å². The molecule has 0 saturated carbocycles. The van der Waals surface area contributed by atoms with Crippen LogP contribution in [0.2, 0.25) is 0 Å². The van der Waals surface area contributed by atoms with Crippen LogP contribution in [-0.4, -0.2) is 9.78 Å². The molecular weight excluding hydrogens is 264 g/mol. The molecule has 0 fully saturated rings. The molecular formula is C13H15BrN2. The Hall–Kier alpha value is -1.09. The number of rotatable bonds is 1. The molecule has 2 rings (SSSR count). The second-order valence-electron chi connectivity index (χ2n) is 4.19. The second-order valence-corrected chi connectivity index (χ2v) is 4.98. The Kier molecular flexibility index (Phi) is 2.89. The third-order valence-corrected chi connectivity index (χ3v) is 3.75. The molecule has 0 spiro atoms. The maximum Gasteiger partial charge on any atom is 0.0826 e. The fourth-order valence-electron chi connectivity index (χ4n) is 1.92. The van der Waals surface area contributed by atoms with Gasteiger partial charge in [-0.2, -0.15) is 5.10 Å². The molecule has 0 saturated heterocycles. The number of halogens is 1. The van der Waals surface area contributed by atoms with Crippen molar-refractivity contribution in [3.63, 3.8) is 0 Å². The Morgan fingerprint density at radius 1 is 1.19 bits per heavy atom. The summed E-state index contributed by atoms with van der Waals surface area (Å²) in [6.07, 6.45) is 0. The van der Waals surface area contributed by atoms with Crippen molar-refractivity contribution in [2.75, 3.05) is 0 Å². The van der Waals surface area contributed by atoms with Crippen molar-refractivity contribution in [1.82, 2.24) is 9.78 Å². The Morgan fingerprint density at radius 3 is 2.44 bits per heavy atom. The van der Waals surface area contributed by atoms with Crippen LogP contribution < -0.4 is 0 Å². The predicted molar refractivity (Wildman–Crippen MR) is 70.6 cm³/mol. The summed E-state index contributed by atoms with van der Waals surface area (Å²) in [5, 5.41) is 4.43. The van der Waals surface area contributed by atoms with Gasteiger partial charge in [-0.05, 0) is 48.3 Å². The van der Waals surface area contributed by atoms with Gasteiger partial charge in [-0.25, -0.2) is 0 Å². The summed E-state index contributed by atoms with van der Waals surface area (Å²) in [5.74, 6) is 0. The van der Waals surface area contributed by atoms with Gasteiger partial charge in [-0.15, -0.1) is 0 Å². The zero-order valence-electron chi connectivity index (χ0n) is 10.0. The van der Waals surface area contributed by atoms with Crippen LogP contribution in [0.3, 0.4) is 0 Å². The number of aromatic nitrogens is 2. The first-order valence-electron chi connectivity index (χ1n) is 5.27. The van der Waals surface area contributed by atoms with Crippen molar-refractivity contribution < 1.29 is 0 Å². The highest BCUT2D eigenvalue weighted by Gasteiger charge is 2.14. The summed E-state index contributed by atoms with van der Waals surface area (Å²) in [4.78, 5) is 0. The van der Waals surface area contributed by atoms with Crippen molar-refractivity contribution >= 4 is 15.9 Å². The Labute approximate surface area is 104 Å². The lowest BCUT2D eigenvalue weighted by atomic mass is 10.0. The van der Waals surface area contributed by atoms with Crippen molar-refractivity contribution in [3.05, 3.63) is 39.5 Å². The fourth-order valence-corrected chi connectivity index (χ4v) is 2.47. The van der Waals surface area contributed by atoms with Gasteiger partial charge in [0.25, 0.3) is 0 Å². The summed E-state index contributed by atoms with van der Waals surface area (Å²) >= 11 is 3.61. The minimum atomic E-state index is 1.03. The van der Waals surface area contributed by atoms with E-state index in [0.717, 1.165) is 15.9 Å². The van der Waals surface area contributed by atoms with E-state index in [0.29, 0.717) is 0 Å². The van der Waals surface area contributed by atoms with Gasteiger partial charge in [0.1, 0.15) is 0 Å². The van der Waals surface area contributed by atoms with E-state index in [9.17, 15) is 0 Å². The molecule has 0 aliphatic heterocycles. The molecule has 16 heavy (non-hydrogen) atoms. The van der Waals surface area contributed by atoms with Crippen molar-refractivity contribution in [2.45, 2.75) is 20.8 Å². The number of nitrogens with zero attached hydrogens (tertiary/aromatic N) is 2.